The fourth-order valence-corrected chi connectivity index (χ4v) is 4.51. The summed E-state index contributed by atoms with van der Waals surface area (Å²) >= 11 is 0. The molecule has 1 aliphatic heterocycles. The van der Waals surface area contributed by atoms with Crippen molar-refractivity contribution in [1.29, 1.82) is 0 Å². The highest BCUT2D eigenvalue weighted by Gasteiger charge is 2.29. The van der Waals surface area contributed by atoms with Crippen LogP contribution in [0.2, 0.25) is 0 Å². The molecule has 2 aromatic carbocycles. The molecule has 0 radical (unpaired) electrons. The average molecular weight is 358 g/mol. The largest absolute Gasteiger partial charge is 0.352 e. The molecule has 0 unspecified atom stereocenters. The number of benzene rings is 2. The van der Waals surface area contributed by atoms with E-state index in [-0.39, 0.29) is 5.91 Å². The summed E-state index contributed by atoms with van der Waals surface area (Å²) in [5.74, 6) is 0.217. The maximum absolute atomic E-state index is 12.6. The summed E-state index contributed by atoms with van der Waals surface area (Å²) in [4.78, 5) is 12.4. The Bertz CT molecular complexity index is 799. The molecule has 1 aliphatic rings. The zero-order valence-corrected chi connectivity index (χ0v) is 14.8. The predicted octanol–water partition coefficient (Wildman–Crippen LogP) is 2.52. The van der Waals surface area contributed by atoms with Gasteiger partial charge in [-0.1, -0.05) is 36.4 Å². The molecule has 1 saturated heterocycles. The minimum absolute atomic E-state index is 0.0834. The van der Waals surface area contributed by atoms with Crippen LogP contribution in [-0.2, 0) is 10.0 Å². The highest BCUT2D eigenvalue weighted by molar-refractivity contribution is 7.89. The molecule has 0 aliphatic carbocycles. The zero-order valence-electron chi connectivity index (χ0n) is 14.0. The maximum atomic E-state index is 12.6. The molecule has 3 rings (SSSR count). The monoisotopic (exact) mass is 358 g/mol. The van der Waals surface area contributed by atoms with Gasteiger partial charge >= 0.3 is 0 Å². The Balaban J connectivity index is 1.51. The van der Waals surface area contributed by atoms with Crippen molar-refractivity contribution < 1.29 is 13.2 Å². The molecule has 1 heterocycles. The third-order valence-corrected chi connectivity index (χ3v) is 6.45. The molecule has 0 aromatic heterocycles. The van der Waals surface area contributed by atoms with Gasteiger partial charge in [-0.2, -0.15) is 4.31 Å². The third kappa shape index (κ3) is 4.27. The lowest BCUT2D eigenvalue weighted by atomic mass is 9.98. The van der Waals surface area contributed by atoms with E-state index < -0.39 is 10.0 Å². The minimum Gasteiger partial charge on any atom is -0.352 e. The maximum Gasteiger partial charge on any atom is 0.251 e. The van der Waals surface area contributed by atoms with E-state index in [0.29, 0.717) is 36.0 Å². The van der Waals surface area contributed by atoms with Crippen LogP contribution in [0, 0.1) is 5.92 Å². The minimum atomic E-state index is -3.41. The normalized spacial score (nSPS) is 16.5. The highest BCUT2D eigenvalue weighted by Crippen LogP contribution is 2.23. The lowest BCUT2D eigenvalue weighted by Gasteiger charge is -2.31. The number of hydrogen-bond donors (Lipinski definition) is 1. The van der Waals surface area contributed by atoms with E-state index in [1.54, 1.807) is 42.5 Å². The number of sulfonamides is 1. The number of hydrogen-bond acceptors (Lipinski definition) is 3. The van der Waals surface area contributed by atoms with Crippen LogP contribution in [0.4, 0.5) is 0 Å². The topological polar surface area (TPSA) is 66.5 Å². The summed E-state index contributed by atoms with van der Waals surface area (Å²) < 4.78 is 26.7. The van der Waals surface area contributed by atoms with Crippen molar-refractivity contribution in [1.82, 2.24) is 9.62 Å². The van der Waals surface area contributed by atoms with Crippen molar-refractivity contribution in [3.8, 4) is 0 Å². The van der Waals surface area contributed by atoms with Crippen LogP contribution >= 0.6 is 0 Å². The van der Waals surface area contributed by atoms with Gasteiger partial charge in [0, 0.05) is 25.2 Å². The van der Waals surface area contributed by atoms with Crippen LogP contribution in [0.5, 0.6) is 0 Å². The summed E-state index contributed by atoms with van der Waals surface area (Å²) in [6, 6.07) is 17.6. The molecule has 132 valence electrons. The first-order valence-corrected chi connectivity index (χ1v) is 9.90. The lowest BCUT2D eigenvalue weighted by Crippen LogP contribution is -2.41. The molecule has 0 saturated carbocycles. The second-order valence-electron chi connectivity index (χ2n) is 6.24. The van der Waals surface area contributed by atoms with Gasteiger partial charge in [-0.15, -0.1) is 0 Å². The van der Waals surface area contributed by atoms with Gasteiger partial charge < -0.3 is 5.32 Å². The fraction of sp³-hybridized carbons (Fsp3) is 0.316. The number of rotatable bonds is 5. The summed E-state index contributed by atoms with van der Waals surface area (Å²) in [5, 5.41) is 2.95. The Morgan fingerprint density at radius 3 is 2.12 bits per heavy atom. The molecular formula is C19H22N2O3S. The second kappa shape index (κ2) is 7.80. The number of carbonyl (C=O) groups is 1. The van der Waals surface area contributed by atoms with Gasteiger partial charge in [0.1, 0.15) is 0 Å². The van der Waals surface area contributed by atoms with E-state index in [1.165, 1.54) is 4.31 Å². The number of piperidine rings is 1. The first kappa shape index (κ1) is 17.6. The Labute approximate surface area is 148 Å². The first-order chi connectivity index (χ1) is 12.1. The van der Waals surface area contributed by atoms with Gasteiger partial charge in [0.05, 0.1) is 4.90 Å². The molecule has 0 bridgehead atoms. The summed E-state index contributed by atoms with van der Waals surface area (Å²) in [5.41, 5.74) is 0.645. The van der Waals surface area contributed by atoms with E-state index >= 15 is 0 Å². The molecule has 1 N–H and O–H groups in total. The summed E-state index contributed by atoms with van der Waals surface area (Å²) in [6.45, 7) is 1.55. The standard InChI is InChI=1S/C19H22N2O3S/c22-19(17-7-3-1-4-8-17)20-15-16-11-13-21(14-12-16)25(23,24)18-9-5-2-6-10-18/h1-10,16H,11-15H2,(H,20,22). The van der Waals surface area contributed by atoms with Crippen molar-refractivity contribution in [2.75, 3.05) is 19.6 Å². The van der Waals surface area contributed by atoms with Crippen LogP contribution in [0.25, 0.3) is 0 Å². The van der Waals surface area contributed by atoms with E-state index in [1.807, 2.05) is 18.2 Å². The number of nitrogens with one attached hydrogen (secondary N) is 1. The van der Waals surface area contributed by atoms with E-state index in [2.05, 4.69) is 5.32 Å². The molecular weight excluding hydrogens is 336 g/mol. The van der Waals surface area contributed by atoms with E-state index in [9.17, 15) is 13.2 Å². The smallest absolute Gasteiger partial charge is 0.251 e. The molecule has 2 aromatic rings. The number of amides is 1. The SMILES string of the molecule is O=C(NCC1CCN(S(=O)(=O)c2ccccc2)CC1)c1ccccc1. The summed E-state index contributed by atoms with van der Waals surface area (Å²) in [7, 11) is -3.41. The Kier molecular flexibility index (Phi) is 5.50. The molecule has 1 amide bonds. The number of carbonyl (C=O) groups excluding carboxylic acids is 1. The van der Waals surface area contributed by atoms with Gasteiger partial charge in [-0.05, 0) is 43.0 Å². The molecule has 6 heteroatoms. The first-order valence-electron chi connectivity index (χ1n) is 8.46. The molecule has 5 nitrogen and oxygen atoms in total. The van der Waals surface area contributed by atoms with Gasteiger partial charge in [0.2, 0.25) is 10.0 Å². The average Bonchev–Trinajstić information content (AvgIpc) is 2.68. The fourth-order valence-electron chi connectivity index (χ4n) is 3.02. The van der Waals surface area contributed by atoms with Crippen LogP contribution < -0.4 is 5.32 Å². The zero-order chi connectivity index (χ0) is 17.7. The molecule has 25 heavy (non-hydrogen) atoms. The Morgan fingerprint density at radius 2 is 1.52 bits per heavy atom. The van der Waals surface area contributed by atoms with E-state index in [4.69, 9.17) is 0 Å². The summed E-state index contributed by atoms with van der Waals surface area (Å²) in [6.07, 6.45) is 1.50. The second-order valence-corrected chi connectivity index (χ2v) is 8.17. The molecule has 1 fully saturated rings. The van der Waals surface area contributed by atoms with Crippen LogP contribution in [-0.4, -0.2) is 38.3 Å². The van der Waals surface area contributed by atoms with Gasteiger partial charge in [-0.25, -0.2) is 8.42 Å². The van der Waals surface area contributed by atoms with E-state index in [0.717, 1.165) is 12.8 Å². The Hall–Kier alpha value is -2.18. The third-order valence-electron chi connectivity index (χ3n) is 4.54. The van der Waals surface area contributed by atoms with Crippen LogP contribution in [0.15, 0.2) is 65.6 Å². The van der Waals surface area contributed by atoms with Gasteiger partial charge in [-0.3, -0.25) is 4.79 Å². The van der Waals surface area contributed by atoms with Gasteiger partial charge in [0.15, 0.2) is 0 Å². The van der Waals surface area contributed by atoms with Crippen molar-refractivity contribution >= 4 is 15.9 Å². The predicted molar refractivity (Wildman–Crippen MR) is 96.7 cm³/mol. The molecule has 0 atom stereocenters. The van der Waals surface area contributed by atoms with Crippen molar-refractivity contribution in [2.24, 2.45) is 5.92 Å². The lowest BCUT2D eigenvalue weighted by molar-refractivity contribution is 0.0941. The van der Waals surface area contributed by atoms with Gasteiger partial charge in [0.25, 0.3) is 5.91 Å². The van der Waals surface area contributed by atoms with Crippen molar-refractivity contribution in [3.63, 3.8) is 0 Å². The van der Waals surface area contributed by atoms with Crippen LogP contribution in [0.1, 0.15) is 23.2 Å². The van der Waals surface area contributed by atoms with Crippen molar-refractivity contribution in [2.45, 2.75) is 17.7 Å². The highest BCUT2D eigenvalue weighted by atomic mass is 32.2. The number of nitrogens with zero attached hydrogens (tertiary/aromatic N) is 1. The van der Waals surface area contributed by atoms with Crippen LogP contribution in [0.3, 0.4) is 0 Å². The quantitative estimate of drug-likeness (QED) is 0.893. The molecule has 0 spiro atoms. The Morgan fingerprint density at radius 1 is 0.960 bits per heavy atom. The van der Waals surface area contributed by atoms with Crippen molar-refractivity contribution in [3.05, 3.63) is 66.2 Å².